The summed E-state index contributed by atoms with van der Waals surface area (Å²) in [5.41, 5.74) is 6.19. The van der Waals surface area contributed by atoms with Crippen LogP contribution in [-0.2, 0) is 13.2 Å². The van der Waals surface area contributed by atoms with Crippen molar-refractivity contribution in [1.29, 1.82) is 0 Å². The van der Waals surface area contributed by atoms with Crippen LogP contribution in [0.2, 0.25) is 0 Å². The number of benzene rings is 1. The van der Waals surface area contributed by atoms with Crippen molar-refractivity contribution in [2.45, 2.75) is 6.18 Å². The van der Waals surface area contributed by atoms with E-state index in [9.17, 15) is 13.2 Å². The maximum absolute atomic E-state index is 12.4. The van der Waals surface area contributed by atoms with E-state index in [4.69, 9.17) is 5.73 Å². The molecule has 90 valence electrons. The van der Waals surface area contributed by atoms with E-state index in [1.54, 1.807) is 24.0 Å². The van der Waals surface area contributed by atoms with Crippen LogP contribution in [-0.4, -0.2) is 9.78 Å². The van der Waals surface area contributed by atoms with Crippen molar-refractivity contribution in [3.8, 4) is 11.3 Å². The third-order valence-corrected chi connectivity index (χ3v) is 2.48. The van der Waals surface area contributed by atoms with E-state index in [1.165, 1.54) is 6.07 Å². The van der Waals surface area contributed by atoms with Crippen LogP contribution >= 0.6 is 0 Å². The zero-order valence-electron chi connectivity index (χ0n) is 8.99. The fourth-order valence-electron chi connectivity index (χ4n) is 1.61. The van der Waals surface area contributed by atoms with E-state index in [-0.39, 0.29) is 5.69 Å². The number of hydrogen-bond donors (Lipinski definition) is 1. The molecular formula is C11H10F3N3. The average Bonchev–Trinajstić information content (AvgIpc) is 2.63. The van der Waals surface area contributed by atoms with E-state index < -0.39 is 11.7 Å². The van der Waals surface area contributed by atoms with Crippen LogP contribution in [0.4, 0.5) is 18.9 Å². The van der Waals surface area contributed by atoms with Gasteiger partial charge in [-0.1, -0.05) is 6.07 Å². The van der Waals surface area contributed by atoms with Crippen LogP contribution < -0.4 is 5.73 Å². The molecule has 0 aliphatic heterocycles. The Morgan fingerprint density at radius 1 is 1.24 bits per heavy atom. The van der Waals surface area contributed by atoms with E-state index >= 15 is 0 Å². The molecule has 0 atom stereocenters. The molecule has 2 aromatic rings. The van der Waals surface area contributed by atoms with Crippen LogP contribution in [0, 0.1) is 0 Å². The second-order valence-corrected chi connectivity index (χ2v) is 3.64. The Labute approximate surface area is 95.7 Å². The molecule has 3 nitrogen and oxygen atoms in total. The molecule has 2 rings (SSSR count). The summed E-state index contributed by atoms with van der Waals surface area (Å²) in [5, 5.41) is 3.94. The summed E-state index contributed by atoms with van der Waals surface area (Å²) in [6.45, 7) is 0. The summed E-state index contributed by atoms with van der Waals surface area (Å²) in [4.78, 5) is 0. The molecule has 0 spiro atoms. The number of nitrogens with two attached hydrogens (primary N) is 1. The first kappa shape index (κ1) is 11.5. The highest BCUT2D eigenvalue weighted by atomic mass is 19.4. The largest absolute Gasteiger partial charge is 0.416 e. The summed E-state index contributed by atoms with van der Waals surface area (Å²) in [6, 6.07) is 5.00. The average molecular weight is 241 g/mol. The quantitative estimate of drug-likeness (QED) is 0.780. The number of nitrogen functional groups attached to an aromatic ring is 1. The highest BCUT2D eigenvalue weighted by Gasteiger charge is 2.30. The van der Waals surface area contributed by atoms with Gasteiger partial charge >= 0.3 is 6.18 Å². The van der Waals surface area contributed by atoms with Crippen molar-refractivity contribution in [3.63, 3.8) is 0 Å². The van der Waals surface area contributed by atoms with Gasteiger partial charge in [0.2, 0.25) is 0 Å². The van der Waals surface area contributed by atoms with E-state index in [2.05, 4.69) is 5.10 Å². The first-order chi connectivity index (χ1) is 7.89. The zero-order chi connectivity index (χ0) is 12.6. The lowest BCUT2D eigenvalue weighted by Crippen LogP contribution is -2.06. The van der Waals surface area contributed by atoms with Gasteiger partial charge in [0.15, 0.2) is 0 Å². The fourth-order valence-corrected chi connectivity index (χ4v) is 1.61. The number of hydrogen-bond acceptors (Lipinski definition) is 2. The monoisotopic (exact) mass is 241 g/mol. The Kier molecular flexibility index (Phi) is 2.57. The summed E-state index contributed by atoms with van der Waals surface area (Å²) in [6.07, 6.45) is -2.81. The molecule has 0 saturated carbocycles. The molecule has 0 bridgehead atoms. The second kappa shape index (κ2) is 3.80. The van der Waals surface area contributed by atoms with Crippen LogP contribution in [0.5, 0.6) is 0 Å². The molecular weight excluding hydrogens is 231 g/mol. The fraction of sp³-hybridized carbons (Fsp3) is 0.182. The van der Waals surface area contributed by atoms with E-state index in [0.29, 0.717) is 11.3 Å². The molecule has 0 aliphatic rings. The Morgan fingerprint density at radius 3 is 2.41 bits per heavy atom. The van der Waals surface area contributed by atoms with Crippen molar-refractivity contribution < 1.29 is 13.2 Å². The number of halogens is 3. The Morgan fingerprint density at radius 2 is 1.94 bits per heavy atom. The summed E-state index contributed by atoms with van der Waals surface area (Å²) >= 11 is 0. The topological polar surface area (TPSA) is 43.8 Å². The lowest BCUT2D eigenvalue weighted by Gasteiger charge is -2.10. The number of aryl methyl sites for hydroxylation is 1. The van der Waals surface area contributed by atoms with Crippen LogP contribution in [0.15, 0.2) is 30.5 Å². The summed E-state index contributed by atoms with van der Waals surface area (Å²) < 4.78 is 38.9. The molecule has 17 heavy (non-hydrogen) atoms. The van der Waals surface area contributed by atoms with Crippen molar-refractivity contribution >= 4 is 5.69 Å². The molecule has 0 fully saturated rings. The van der Waals surface area contributed by atoms with Crippen molar-refractivity contribution in [1.82, 2.24) is 9.78 Å². The molecule has 0 unspecified atom stereocenters. The molecule has 2 N–H and O–H groups in total. The maximum Gasteiger partial charge on any atom is 0.416 e. The number of anilines is 1. The smallest absolute Gasteiger partial charge is 0.398 e. The van der Waals surface area contributed by atoms with Gasteiger partial charge in [-0.05, 0) is 18.2 Å². The minimum Gasteiger partial charge on any atom is -0.398 e. The standard InChI is InChI=1S/C11H10F3N3/c1-17-10(4-5-16-17)8-3-2-7(6-9(8)15)11(12,13)14/h2-6H,15H2,1H3. The van der Waals surface area contributed by atoms with Crippen molar-refractivity contribution in [2.24, 2.45) is 7.05 Å². The Balaban J connectivity index is 2.50. The number of aromatic nitrogens is 2. The first-order valence-corrected chi connectivity index (χ1v) is 4.84. The van der Waals surface area contributed by atoms with Gasteiger partial charge in [0.1, 0.15) is 0 Å². The molecule has 0 amide bonds. The predicted octanol–water partition coefficient (Wildman–Crippen LogP) is 2.69. The molecule has 1 aromatic carbocycles. The molecule has 1 aromatic heterocycles. The van der Waals surface area contributed by atoms with Crippen molar-refractivity contribution in [3.05, 3.63) is 36.0 Å². The summed E-state index contributed by atoms with van der Waals surface area (Å²) in [7, 11) is 1.70. The Bertz CT molecular complexity index is 543. The number of rotatable bonds is 1. The van der Waals surface area contributed by atoms with Gasteiger partial charge in [-0.15, -0.1) is 0 Å². The van der Waals surface area contributed by atoms with Gasteiger partial charge in [-0.3, -0.25) is 4.68 Å². The molecule has 1 heterocycles. The second-order valence-electron chi connectivity index (χ2n) is 3.64. The van der Waals surface area contributed by atoms with Gasteiger partial charge in [0.05, 0.1) is 11.3 Å². The SMILES string of the molecule is Cn1nccc1-c1ccc(C(F)(F)F)cc1N. The maximum atomic E-state index is 12.4. The lowest BCUT2D eigenvalue weighted by atomic mass is 10.1. The van der Waals surface area contributed by atoms with Gasteiger partial charge in [0.25, 0.3) is 0 Å². The van der Waals surface area contributed by atoms with E-state index in [0.717, 1.165) is 12.1 Å². The normalized spacial score (nSPS) is 11.8. The third kappa shape index (κ3) is 2.11. The number of nitrogens with zero attached hydrogens (tertiary/aromatic N) is 2. The van der Waals surface area contributed by atoms with Gasteiger partial charge in [-0.25, -0.2) is 0 Å². The minimum absolute atomic E-state index is 0.0865. The van der Waals surface area contributed by atoms with Gasteiger partial charge < -0.3 is 5.73 Å². The van der Waals surface area contributed by atoms with Crippen LogP contribution in [0.25, 0.3) is 11.3 Å². The highest BCUT2D eigenvalue weighted by molar-refractivity contribution is 5.74. The third-order valence-electron chi connectivity index (χ3n) is 2.48. The predicted molar refractivity (Wildman–Crippen MR) is 58.1 cm³/mol. The molecule has 0 saturated heterocycles. The molecule has 6 heteroatoms. The van der Waals surface area contributed by atoms with Crippen molar-refractivity contribution in [2.75, 3.05) is 5.73 Å². The number of alkyl halides is 3. The molecule has 0 radical (unpaired) electrons. The zero-order valence-corrected chi connectivity index (χ0v) is 8.99. The highest BCUT2D eigenvalue weighted by Crippen LogP contribution is 2.34. The first-order valence-electron chi connectivity index (χ1n) is 4.84. The lowest BCUT2D eigenvalue weighted by molar-refractivity contribution is -0.137. The van der Waals surface area contributed by atoms with Crippen LogP contribution in [0.1, 0.15) is 5.56 Å². The van der Waals surface area contributed by atoms with Crippen LogP contribution in [0.3, 0.4) is 0 Å². The van der Waals surface area contributed by atoms with E-state index in [1.807, 2.05) is 0 Å². The van der Waals surface area contributed by atoms with Gasteiger partial charge in [0, 0.05) is 24.5 Å². The van der Waals surface area contributed by atoms with Gasteiger partial charge in [-0.2, -0.15) is 18.3 Å². The minimum atomic E-state index is -4.38. The Hall–Kier alpha value is -1.98. The molecule has 0 aliphatic carbocycles. The summed E-state index contributed by atoms with van der Waals surface area (Å²) in [5.74, 6) is 0.